The number of hydrogen-bond acceptors (Lipinski definition) is 0. The summed E-state index contributed by atoms with van der Waals surface area (Å²) in [5, 5.41) is 0. The fourth-order valence-corrected chi connectivity index (χ4v) is 7.03. The van der Waals surface area contributed by atoms with Gasteiger partial charge < -0.3 is 0 Å². The number of rotatable bonds is 7. The van der Waals surface area contributed by atoms with Crippen LogP contribution in [-0.4, -0.2) is 0 Å². The molecule has 5 unspecified atom stereocenters. The zero-order valence-electron chi connectivity index (χ0n) is 20.9. The highest BCUT2D eigenvalue weighted by molar-refractivity contribution is 5.83. The molecule has 0 saturated heterocycles. The van der Waals surface area contributed by atoms with Crippen LogP contribution in [0.4, 0.5) is 0 Å². The Morgan fingerprint density at radius 1 is 1.15 bits per heavy atom. The summed E-state index contributed by atoms with van der Waals surface area (Å²) in [7, 11) is 0. The Labute approximate surface area is 206 Å². The van der Waals surface area contributed by atoms with Gasteiger partial charge in [0, 0.05) is 11.8 Å². The van der Waals surface area contributed by atoms with E-state index in [9.17, 15) is 0 Å². The topological polar surface area (TPSA) is 0 Å². The summed E-state index contributed by atoms with van der Waals surface area (Å²) in [4.78, 5) is 0. The Morgan fingerprint density at radius 3 is 2.71 bits per heavy atom. The van der Waals surface area contributed by atoms with Crippen molar-refractivity contribution in [3.8, 4) is 0 Å². The quantitative estimate of drug-likeness (QED) is 0.366. The average Bonchev–Trinajstić information content (AvgIpc) is 3.54. The molecule has 0 radical (unpaired) electrons. The smallest absolute Gasteiger partial charge is 0.0120 e. The van der Waals surface area contributed by atoms with E-state index in [-0.39, 0.29) is 0 Å². The predicted octanol–water partition coefficient (Wildman–Crippen LogP) is 9.30. The molecule has 0 nitrogen and oxygen atoms in total. The number of fused-ring (bicyclic) bond motifs is 2. The van der Waals surface area contributed by atoms with E-state index in [1.165, 1.54) is 39.8 Å². The van der Waals surface area contributed by atoms with E-state index in [0.717, 1.165) is 25.7 Å². The Morgan fingerprint density at radius 2 is 1.97 bits per heavy atom. The van der Waals surface area contributed by atoms with Crippen molar-refractivity contribution < 1.29 is 0 Å². The fraction of sp³-hybridized carbons (Fsp3) is 0.353. The third-order valence-corrected chi connectivity index (χ3v) is 8.44. The molecule has 34 heavy (non-hydrogen) atoms. The Bertz CT molecular complexity index is 1170. The van der Waals surface area contributed by atoms with Gasteiger partial charge in [0.25, 0.3) is 0 Å². The van der Waals surface area contributed by atoms with E-state index in [2.05, 4.69) is 87.7 Å². The molecular formula is C34H38. The Hall–Kier alpha value is -2.86. The van der Waals surface area contributed by atoms with Crippen molar-refractivity contribution in [2.24, 2.45) is 23.7 Å². The van der Waals surface area contributed by atoms with Crippen LogP contribution in [0, 0.1) is 23.7 Å². The maximum atomic E-state index is 4.73. The van der Waals surface area contributed by atoms with Crippen molar-refractivity contribution in [1.82, 2.24) is 0 Å². The summed E-state index contributed by atoms with van der Waals surface area (Å²) in [5.41, 5.74) is 11.5. The van der Waals surface area contributed by atoms with Crippen molar-refractivity contribution in [3.05, 3.63) is 126 Å². The van der Waals surface area contributed by atoms with E-state index in [0.29, 0.717) is 29.6 Å². The van der Waals surface area contributed by atoms with E-state index in [1.54, 1.807) is 11.1 Å². The molecule has 0 heteroatoms. The van der Waals surface area contributed by atoms with Gasteiger partial charge in [-0.3, -0.25) is 0 Å². The second-order valence-electron chi connectivity index (χ2n) is 10.6. The molecule has 0 bridgehead atoms. The van der Waals surface area contributed by atoms with Gasteiger partial charge in [0.05, 0.1) is 0 Å². The fourth-order valence-electron chi connectivity index (χ4n) is 7.03. The maximum Gasteiger partial charge on any atom is 0.0120 e. The van der Waals surface area contributed by atoms with Gasteiger partial charge in [-0.2, -0.15) is 0 Å². The van der Waals surface area contributed by atoms with Crippen LogP contribution in [0.25, 0.3) is 5.57 Å². The monoisotopic (exact) mass is 446 g/mol. The zero-order valence-corrected chi connectivity index (χ0v) is 20.9. The van der Waals surface area contributed by atoms with Crippen LogP contribution in [0.2, 0.25) is 0 Å². The Kier molecular flexibility index (Phi) is 6.34. The number of benzene rings is 1. The first kappa shape index (κ1) is 22.9. The van der Waals surface area contributed by atoms with Gasteiger partial charge in [-0.25, -0.2) is 0 Å². The predicted molar refractivity (Wildman–Crippen MR) is 147 cm³/mol. The zero-order chi connectivity index (χ0) is 23.8. The molecule has 1 saturated carbocycles. The van der Waals surface area contributed by atoms with Gasteiger partial charge in [0.15, 0.2) is 0 Å². The molecule has 5 atom stereocenters. The second kappa shape index (κ2) is 9.41. The molecule has 0 amide bonds. The molecule has 0 aromatic heterocycles. The number of allylic oxidation sites excluding steroid dienone is 13. The molecule has 1 aromatic rings. The minimum Gasteiger partial charge on any atom is -0.103 e. The first-order valence-electron chi connectivity index (χ1n) is 13.1. The molecule has 4 aliphatic rings. The minimum absolute atomic E-state index is 0.411. The van der Waals surface area contributed by atoms with Gasteiger partial charge in [-0.1, -0.05) is 117 Å². The normalized spacial score (nSPS) is 30.6. The van der Waals surface area contributed by atoms with E-state index in [4.69, 9.17) is 6.58 Å². The van der Waals surface area contributed by atoms with Crippen LogP contribution in [0.1, 0.15) is 63.0 Å². The van der Waals surface area contributed by atoms with Gasteiger partial charge in [-0.05, 0) is 71.3 Å². The van der Waals surface area contributed by atoms with E-state index in [1.807, 2.05) is 6.08 Å². The molecule has 0 N–H and O–H groups in total. The summed E-state index contributed by atoms with van der Waals surface area (Å²) in [5.74, 6) is 2.35. The highest BCUT2D eigenvalue weighted by Crippen LogP contribution is 2.56. The summed E-state index contributed by atoms with van der Waals surface area (Å²) < 4.78 is 0. The lowest BCUT2D eigenvalue weighted by Crippen LogP contribution is -2.34. The largest absolute Gasteiger partial charge is 0.103 e. The molecule has 0 spiro atoms. The lowest BCUT2D eigenvalue weighted by Gasteiger charge is -2.42. The molecule has 4 aliphatic carbocycles. The highest BCUT2D eigenvalue weighted by atomic mass is 14.5. The van der Waals surface area contributed by atoms with Gasteiger partial charge >= 0.3 is 0 Å². The second-order valence-corrected chi connectivity index (χ2v) is 10.6. The van der Waals surface area contributed by atoms with Crippen molar-refractivity contribution in [2.45, 2.75) is 51.9 Å². The lowest BCUT2D eigenvalue weighted by molar-refractivity contribution is 0.281. The molecule has 1 fully saturated rings. The third-order valence-electron chi connectivity index (χ3n) is 8.44. The van der Waals surface area contributed by atoms with Crippen molar-refractivity contribution in [3.63, 3.8) is 0 Å². The van der Waals surface area contributed by atoms with Gasteiger partial charge in [-0.15, -0.1) is 6.58 Å². The third kappa shape index (κ3) is 3.88. The number of hydrogen-bond donors (Lipinski definition) is 0. The molecule has 0 heterocycles. The first-order valence-corrected chi connectivity index (χ1v) is 13.1. The summed E-state index contributed by atoms with van der Waals surface area (Å²) in [6, 6.07) is 8.87. The van der Waals surface area contributed by atoms with Crippen LogP contribution >= 0.6 is 0 Å². The van der Waals surface area contributed by atoms with E-state index < -0.39 is 0 Å². The summed E-state index contributed by atoms with van der Waals surface area (Å²) >= 11 is 0. The summed E-state index contributed by atoms with van der Waals surface area (Å²) in [6.45, 7) is 18.0. The van der Waals surface area contributed by atoms with Crippen molar-refractivity contribution >= 4 is 5.57 Å². The molecule has 5 rings (SSSR count). The Balaban J connectivity index is 1.52. The molecular weight excluding hydrogens is 408 g/mol. The van der Waals surface area contributed by atoms with Crippen LogP contribution < -0.4 is 0 Å². The molecule has 0 aliphatic heterocycles. The van der Waals surface area contributed by atoms with Crippen LogP contribution in [0.5, 0.6) is 0 Å². The average molecular weight is 447 g/mol. The molecule has 1 aromatic carbocycles. The highest BCUT2D eigenvalue weighted by Gasteiger charge is 2.45. The maximum absolute atomic E-state index is 4.73. The SMILES string of the molecule is C=CCC1C=C(/C=C2\CC3=CC(C)C(C(=C)CCC)C(C4=CC=CC4)C3C2=C)c2ccccc21. The van der Waals surface area contributed by atoms with Crippen molar-refractivity contribution in [2.75, 3.05) is 0 Å². The van der Waals surface area contributed by atoms with Crippen LogP contribution in [-0.2, 0) is 0 Å². The summed E-state index contributed by atoms with van der Waals surface area (Å²) in [6.07, 6.45) is 21.8. The minimum atomic E-state index is 0.411. The van der Waals surface area contributed by atoms with Crippen molar-refractivity contribution in [1.29, 1.82) is 0 Å². The lowest BCUT2D eigenvalue weighted by atomic mass is 9.62. The van der Waals surface area contributed by atoms with E-state index >= 15 is 0 Å². The van der Waals surface area contributed by atoms with Crippen LogP contribution in [0.3, 0.4) is 0 Å². The van der Waals surface area contributed by atoms with Gasteiger partial charge in [0.2, 0.25) is 0 Å². The van der Waals surface area contributed by atoms with Crippen LogP contribution in [0.15, 0.2) is 114 Å². The standard InChI is InChI=1S/C34H38/c1-6-12-22(3)32-23(4)18-29-21-27(24(5)33(29)34(32)25-14-8-9-15-25)20-28-19-26(13-7-2)30-16-10-11-17-31(28)30/h7-11,14,16-20,23,26,32-34H,2-3,5-6,12-13,15,21H2,1,4H3/b27-20+. The molecule has 174 valence electrons. The van der Waals surface area contributed by atoms with Gasteiger partial charge in [0.1, 0.15) is 0 Å². The first-order chi connectivity index (χ1) is 16.5.